The summed E-state index contributed by atoms with van der Waals surface area (Å²) in [5.41, 5.74) is 0. The number of rotatable bonds is 9. The van der Waals surface area contributed by atoms with Crippen LogP contribution in [0.1, 0.15) is 6.42 Å². The molecule has 0 fully saturated rings. The van der Waals surface area contributed by atoms with E-state index in [0.717, 1.165) is 0 Å². The van der Waals surface area contributed by atoms with Crippen molar-refractivity contribution in [3.8, 4) is 0 Å². The Hall–Kier alpha value is 0.540. The lowest BCUT2D eigenvalue weighted by molar-refractivity contribution is 0.262. The van der Waals surface area contributed by atoms with Crippen molar-refractivity contribution in [2.75, 3.05) is 38.1 Å². The summed E-state index contributed by atoms with van der Waals surface area (Å²) in [6.07, 6.45) is 0.377. The second-order valence-electron chi connectivity index (χ2n) is 2.83. The lowest BCUT2D eigenvalue weighted by Gasteiger charge is -2.13. The summed E-state index contributed by atoms with van der Waals surface area (Å²) in [4.78, 5) is 0. The normalized spacial score (nSPS) is 12.9. The predicted octanol–water partition coefficient (Wildman–Crippen LogP) is 1.60. The van der Waals surface area contributed by atoms with Gasteiger partial charge in [0, 0.05) is 19.5 Å². The molecule has 16 heavy (non-hydrogen) atoms. The Bertz CT molecular complexity index is 322. The van der Waals surface area contributed by atoms with Crippen molar-refractivity contribution in [2.24, 2.45) is 0 Å². The van der Waals surface area contributed by atoms with E-state index in [0.29, 0.717) is 11.8 Å². The van der Waals surface area contributed by atoms with Crippen LogP contribution in [-0.4, -0.2) is 46.5 Å². The molecule has 0 bridgehead atoms. The van der Waals surface area contributed by atoms with Crippen LogP contribution >= 0.6 is 23.5 Å². The number of halogens is 1. The van der Waals surface area contributed by atoms with E-state index < -0.39 is 17.7 Å². The van der Waals surface area contributed by atoms with Crippen molar-refractivity contribution in [3.63, 3.8) is 0 Å². The molecule has 0 aromatic carbocycles. The Labute approximate surface area is 104 Å². The van der Waals surface area contributed by atoms with Crippen LogP contribution in [0.15, 0.2) is 0 Å². The van der Waals surface area contributed by atoms with Crippen molar-refractivity contribution in [3.05, 3.63) is 0 Å². The largest absolute Gasteiger partial charge is 0.332 e. The first-order chi connectivity index (χ1) is 7.39. The third kappa shape index (κ3) is 6.98. The zero-order valence-electron chi connectivity index (χ0n) is 9.22. The highest BCUT2D eigenvalue weighted by molar-refractivity contribution is 9.09. The fraction of sp³-hybridized carbons (Fsp3) is 1.00. The van der Waals surface area contributed by atoms with Crippen molar-refractivity contribution in [2.45, 2.75) is 6.42 Å². The number of hydrogen-bond acceptors (Lipinski definition) is 6. The summed E-state index contributed by atoms with van der Waals surface area (Å²) in [5.74, 6) is -0.0669. The molecule has 0 spiro atoms. The molecule has 0 radical (unpaired) electrons. The summed E-state index contributed by atoms with van der Waals surface area (Å²) in [7, 11) is -4.26. The van der Waals surface area contributed by atoms with Crippen molar-refractivity contribution in [1.29, 1.82) is 0 Å². The zero-order chi connectivity index (χ0) is 12.7. The van der Waals surface area contributed by atoms with Gasteiger partial charge in [0.05, 0.1) is 18.5 Å². The Morgan fingerprint density at radius 2 is 1.81 bits per heavy atom. The van der Waals surface area contributed by atoms with E-state index in [4.69, 9.17) is 0 Å². The Morgan fingerprint density at radius 3 is 2.25 bits per heavy atom. The molecule has 0 aliphatic carbocycles. The maximum atomic E-state index is 11.5. The summed E-state index contributed by atoms with van der Waals surface area (Å²) < 4.78 is 47.9. The van der Waals surface area contributed by atoms with Gasteiger partial charge in [0.25, 0.3) is 10.1 Å². The Kier molecular flexibility index (Phi) is 8.05. The summed E-state index contributed by atoms with van der Waals surface area (Å²) in [6.45, 7) is -0.205. The maximum Gasteiger partial charge on any atom is 0.332 e. The lowest BCUT2D eigenvalue weighted by Crippen LogP contribution is -2.14. The topological polar surface area (TPSA) is 78.9 Å². The third-order valence-electron chi connectivity index (χ3n) is 1.71. The maximum absolute atomic E-state index is 11.5. The van der Waals surface area contributed by atoms with Gasteiger partial charge in [0.1, 0.15) is 0 Å². The van der Waals surface area contributed by atoms with Gasteiger partial charge in [-0.2, -0.15) is 8.42 Å². The number of hydrogen-bond donors (Lipinski definition) is 0. The van der Waals surface area contributed by atoms with Crippen LogP contribution < -0.4 is 0 Å². The van der Waals surface area contributed by atoms with Crippen LogP contribution in [0.5, 0.6) is 0 Å². The van der Waals surface area contributed by atoms with Gasteiger partial charge < -0.3 is 9.05 Å². The Morgan fingerprint density at radius 1 is 1.25 bits per heavy atom. The van der Waals surface area contributed by atoms with Gasteiger partial charge in [-0.3, -0.25) is 8.75 Å². The quantitative estimate of drug-likeness (QED) is 0.361. The average Bonchev–Trinajstić information content (AvgIpc) is 2.26. The fourth-order valence-electron chi connectivity index (χ4n) is 0.823. The molecule has 0 saturated heterocycles. The second-order valence-corrected chi connectivity index (χ2v) is 7.78. The molecule has 0 aliphatic rings. The minimum atomic E-state index is -3.54. The van der Waals surface area contributed by atoms with E-state index in [-0.39, 0.29) is 18.5 Å². The zero-order valence-corrected chi connectivity index (χ0v) is 12.5. The van der Waals surface area contributed by atoms with Crippen LogP contribution in [0.4, 0.5) is 0 Å². The van der Waals surface area contributed by atoms with Crippen LogP contribution in [0.25, 0.3) is 0 Å². The predicted molar refractivity (Wildman–Crippen MR) is 64.6 cm³/mol. The van der Waals surface area contributed by atoms with E-state index in [2.05, 4.69) is 29.2 Å². The SMILES string of the molecule is COP(=O)(CCOS(=O)(=O)CCCBr)OC. The smallest absolute Gasteiger partial charge is 0.312 e. The van der Waals surface area contributed by atoms with Crippen LogP contribution in [-0.2, 0) is 27.9 Å². The summed E-state index contributed by atoms with van der Waals surface area (Å²) in [6, 6.07) is 0. The molecule has 0 aliphatic heterocycles. The molecule has 0 heterocycles. The molecule has 9 heteroatoms. The monoisotopic (exact) mass is 338 g/mol. The fourth-order valence-corrected chi connectivity index (χ4v) is 3.38. The van der Waals surface area contributed by atoms with E-state index >= 15 is 0 Å². The molecule has 98 valence electrons. The van der Waals surface area contributed by atoms with Gasteiger partial charge in [-0.25, -0.2) is 0 Å². The van der Waals surface area contributed by atoms with Gasteiger partial charge in [-0.1, -0.05) is 15.9 Å². The minimum absolute atomic E-state index is 0.0669. The molecule has 6 nitrogen and oxygen atoms in total. The van der Waals surface area contributed by atoms with E-state index in [1.165, 1.54) is 14.2 Å². The van der Waals surface area contributed by atoms with E-state index in [9.17, 15) is 13.0 Å². The van der Waals surface area contributed by atoms with Gasteiger partial charge in [-0.05, 0) is 6.42 Å². The van der Waals surface area contributed by atoms with Crippen molar-refractivity contribution in [1.82, 2.24) is 0 Å². The van der Waals surface area contributed by atoms with Gasteiger partial charge >= 0.3 is 7.60 Å². The molecule has 0 amide bonds. The first-order valence-electron chi connectivity index (χ1n) is 4.53. The first kappa shape index (κ1) is 16.5. The highest BCUT2D eigenvalue weighted by atomic mass is 79.9. The van der Waals surface area contributed by atoms with Crippen molar-refractivity contribution >= 4 is 33.6 Å². The van der Waals surface area contributed by atoms with Gasteiger partial charge in [0.2, 0.25) is 0 Å². The molecule has 0 rings (SSSR count). The molecule has 0 N–H and O–H groups in total. The number of alkyl halides is 1. The van der Waals surface area contributed by atoms with Crippen LogP contribution in [0.3, 0.4) is 0 Å². The highest BCUT2D eigenvalue weighted by Crippen LogP contribution is 2.45. The standard InChI is InChI=1S/C7H16BrO6PS/c1-12-15(9,13-2)6-5-14-16(10,11)7-3-4-8/h3-7H2,1-2H3. The molecule has 0 saturated carbocycles. The minimum Gasteiger partial charge on any atom is -0.312 e. The summed E-state index contributed by atoms with van der Waals surface area (Å²) in [5, 5.41) is 0.588. The molecule has 0 aromatic heterocycles. The van der Waals surface area contributed by atoms with Gasteiger partial charge in [0.15, 0.2) is 0 Å². The molecule has 0 aromatic rings. The average molecular weight is 339 g/mol. The Balaban J connectivity index is 4.02. The van der Waals surface area contributed by atoms with Crippen LogP contribution in [0, 0.1) is 0 Å². The molecule has 0 unspecified atom stereocenters. The summed E-state index contributed by atoms with van der Waals surface area (Å²) >= 11 is 3.12. The first-order valence-corrected chi connectivity index (χ1v) is 8.95. The molecule has 0 atom stereocenters. The molecular formula is C7H16BrO6PS. The third-order valence-corrected chi connectivity index (χ3v) is 5.43. The van der Waals surface area contributed by atoms with Gasteiger partial charge in [-0.15, -0.1) is 0 Å². The van der Waals surface area contributed by atoms with Crippen molar-refractivity contribution < 1.29 is 26.2 Å². The van der Waals surface area contributed by atoms with Crippen LogP contribution in [0.2, 0.25) is 0 Å². The molecular weight excluding hydrogens is 323 g/mol. The second kappa shape index (κ2) is 7.79. The lowest BCUT2D eigenvalue weighted by atomic mass is 10.6. The highest BCUT2D eigenvalue weighted by Gasteiger charge is 2.22. The van der Waals surface area contributed by atoms with E-state index in [1.54, 1.807) is 0 Å². The van der Waals surface area contributed by atoms with E-state index in [1.807, 2.05) is 0 Å².